The number of thiazole rings is 1. The zero-order valence-electron chi connectivity index (χ0n) is 9.83. The normalized spacial score (nSPS) is 10.5. The Balaban J connectivity index is 1.63. The summed E-state index contributed by atoms with van der Waals surface area (Å²) in [6.07, 6.45) is 1.46. The van der Waals surface area contributed by atoms with E-state index in [9.17, 15) is 4.79 Å². The zero-order chi connectivity index (χ0) is 13.1. The Labute approximate surface area is 112 Å². The Morgan fingerprint density at radius 1 is 1.37 bits per heavy atom. The molecule has 96 valence electrons. The molecule has 1 amide bonds. The van der Waals surface area contributed by atoms with Crippen molar-refractivity contribution >= 4 is 17.2 Å². The van der Waals surface area contributed by atoms with Crippen LogP contribution in [0, 0.1) is 0 Å². The SMILES string of the molecule is O=C(NCc1ccc(-c2cscn2)o1)c1ccco1. The number of hydrogen-bond donors (Lipinski definition) is 1. The van der Waals surface area contributed by atoms with E-state index in [2.05, 4.69) is 10.3 Å². The number of carbonyl (C=O) groups excluding carboxylic acids is 1. The van der Waals surface area contributed by atoms with Crippen molar-refractivity contribution < 1.29 is 13.6 Å². The molecule has 0 unspecified atom stereocenters. The van der Waals surface area contributed by atoms with Crippen LogP contribution in [0.4, 0.5) is 0 Å². The molecule has 0 fully saturated rings. The van der Waals surface area contributed by atoms with Gasteiger partial charge in [0.2, 0.25) is 0 Å². The maximum atomic E-state index is 11.7. The van der Waals surface area contributed by atoms with Crippen LogP contribution < -0.4 is 5.32 Å². The van der Waals surface area contributed by atoms with Crippen molar-refractivity contribution in [3.63, 3.8) is 0 Å². The van der Waals surface area contributed by atoms with Gasteiger partial charge in [0.1, 0.15) is 11.5 Å². The van der Waals surface area contributed by atoms with Crippen LogP contribution in [0.5, 0.6) is 0 Å². The summed E-state index contributed by atoms with van der Waals surface area (Å²) in [6, 6.07) is 6.93. The molecule has 0 bridgehead atoms. The first-order valence-corrected chi connectivity index (χ1v) is 6.56. The van der Waals surface area contributed by atoms with Crippen LogP contribution in [0.1, 0.15) is 16.3 Å². The molecular weight excluding hydrogens is 264 g/mol. The van der Waals surface area contributed by atoms with Crippen LogP contribution in [-0.4, -0.2) is 10.9 Å². The van der Waals surface area contributed by atoms with E-state index in [4.69, 9.17) is 8.83 Å². The minimum absolute atomic E-state index is 0.267. The Hall–Kier alpha value is -2.34. The molecule has 0 saturated carbocycles. The minimum atomic E-state index is -0.267. The largest absolute Gasteiger partial charge is 0.459 e. The Morgan fingerprint density at radius 3 is 3.05 bits per heavy atom. The quantitative estimate of drug-likeness (QED) is 0.794. The second kappa shape index (κ2) is 5.11. The number of aromatic nitrogens is 1. The van der Waals surface area contributed by atoms with Gasteiger partial charge in [0.25, 0.3) is 5.91 Å². The van der Waals surface area contributed by atoms with Crippen molar-refractivity contribution in [3.05, 3.63) is 52.9 Å². The van der Waals surface area contributed by atoms with Crippen LogP contribution in [0.25, 0.3) is 11.5 Å². The predicted molar refractivity (Wildman–Crippen MR) is 69.7 cm³/mol. The lowest BCUT2D eigenvalue weighted by molar-refractivity contribution is 0.0920. The van der Waals surface area contributed by atoms with E-state index in [1.165, 1.54) is 17.6 Å². The van der Waals surface area contributed by atoms with Gasteiger partial charge in [-0.3, -0.25) is 4.79 Å². The van der Waals surface area contributed by atoms with Crippen molar-refractivity contribution in [2.75, 3.05) is 0 Å². The molecule has 3 heterocycles. The highest BCUT2D eigenvalue weighted by atomic mass is 32.1. The Kier molecular flexibility index (Phi) is 3.16. The van der Waals surface area contributed by atoms with Gasteiger partial charge in [-0.05, 0) is 24.3 Å². The number of carbonyl (C=O) groups is 1. The van der Waals surface area contributed by atoms with E-state index in [0.29, 0.717) is 18.1 Å². The summed E-state index contributed by atoms with van der Waals surface area (Å²) in [6.45, 7) is 0.309. The van der Waals surface area contributed by atoms with Crippen molar-refractivity contribution in [2.45, 2.75) is 6.54 Å². The highest BCUT2D eigenvalue weighted by Gasteiger charge is 2.10. The van der Waals surface area contributed by atoms with Gasteiger partial charge in [-0.1, -0.05) is 0 Å². The van der Waals surface area contributed by atoms with E-state index in [0.717, 1.165) is 5.69 Å². The monoisotopic (exact) mass is 274 g/mol. The average Bonchev–Trinajstić information content (AvgIpc) is 3.14. The Bertz CT molecular complexity index is 656. The molecule has 0 aliphatic heterocycles. The van der Waals surface area contributed by atoms with Crippen LogP contribution in [0.2, 0.25) is 0 Å². The molecule has 0 aromatic carbocycles. The van der Waals surface area contributed by atoms with Gasteiger partial charge in [0.05, 0.1) is 18.3 Å². The van der Waals surface area contributed by atoms with E-state index in [1.54, 1.807) is 17.6 Å². The van der Waals surface area contributed by atoms with E-state index in [1.807, 2.05) is 17.5 Å². The highest BCUT2D eigenvalue weighted by Crippen LogP contribution is 2.21. The molecule has 0 atom stereocenters. The van der Waals surface area contributed by atoms with Crippen molar-refractivity contribution in [3.8, 4) is 11.5 Å². The minimum Gasteiger partial charge on any atom is -0.459 e. The molecule has 6 heteroatoms. The molecule has 3 aromatic heterocycles. The molecule has 0 aliphatic carbocycles. The second-order valence-corrected chi connectivity index (χ2v) is 4.52. The highest BCUT2D eigenvalue weighted by molar-refractivity contribution is 7.07. The first-order valence-electron chi connectivity index (χ1n) is 5.62. The van der Waals surface area contributed by atoms with E-state index >= 15 is 0 Å². The topological polar surface area (TPSA) is 68.3 Å². The molecule has 1 N–H and O–H groups in total. The molecule has 3 aromatic rings. The summed E-state index contributed by atoms with van der Waals surface area (Å²) in [7, 11) is 0. The van der Waals surface area contributed by atoms with Gasteiger partial charge in [-0.25, -0.2) is 4.98 Å². The summed E-state index contributed by atoms with van der Waals surface area (Å²) in [5.41, 5.74) is 2.55. The lowest BCUT2D eigenvalue weighted by Gasteiger charge is -1.99. The van der Waals surface area contributed by atoms with Crippen molar-refractivity contribution in [1.29, 1.82) is 0 Å². The number of furan rings is 2. The van der Waals surface area contributed by atoms with Gasteiger partial charge >= 0.3 is 0 Å². The fourth-order valence-electron chi connectivity index (χ4n) is 1.61. The smallest absolute Gasteiger partial charge is 0.287 e. The van der Waals surface area contributed by atoms with Gasteiger partial charge in [0.15, 0.2) is 11.5 Å². The maximum absolute atomic E-state index is 11.7. The maximum Gasteiger partial charge on any atom is 0.287 e. The van der Waals surface area contributed by atoms with Crippen LogP contribution >= 0.6 is 11.3 Å². The van der Waals surface area contributed by atoms with Gasteiger partial charge in [-0.2, -0.15) is 0 Å². The third-order valence-corrected chi connectivity index (χ3v) is 3.10. The summed E-state index contributed by atoms with van der Waals surface area (Å²) in [4.78, 5) is 15.8. The van der Waals surface area contributed by atoms with Gasteiger partial charge < -0.3 is 14.2 Å². The standard InChI is InChI=1S/C13H10N2O3S/c16-13(12-2-1-5-17-12)14-6-9-3-4-11(18-9)10-7-19-8-15-10/h1-5,7-8H,6H2,(H,14,16). The van der Waals surface area contributed by atoms with Crippen LogP contribution in [-0.2, 0) is 6.54 Å². The third-order valence-electron chi connectivity index (χ3n) is 2.51. The number of rotatable bonds is 4. The fourth-order valence-corrected chi connectivity index (χ4v) is 2.15. The first kappa shape index (κ1) is 11.7. The second-order valence-electron chi connectivity index (χ2n) is 3.80. The molecule has 0 radical (unpaired) electrons. The lowest BCUT2D eigenvalue weighted by Crippen LogP contribution is -2.21. The fraction of sp³-hybridized carbons (Fsp3) is 0.0769. The molecule has 3 rings (SSSR count). The van der Waals surface area contributed by atoms with Crippen molar-refractivity contribution in [2.24, 2.45) is 0 Å². The van der Waals surface area contributed by atoms with E-state index in [-0.39, 0.29) is 11.7 Å². The van der Waals surface area contributed by atoms with Gasteiger partial charge in [-0.15, -0.1) is 11.3 Å². The van der Waals surface area contributed by atoms with E-state index < -0.39 is 0 Å². The number of nitrogens with zero attached hydrogens (tertiary/aromatic N) is 1. The molecule has 0 saturated heterocycles. The van der Waals surface area contributed by atoms with Gasteiger partial charge in [0, 0.05) is 5.38 Å². The molecule has 0 spiro atoms. The molecule has 19 heavy (non-hydrogen) atoms. The molecule has 5 nitrogen and oxygen atoms in total. The first-order chi connectivity index (χ1) is 9.33. The lowest BCUT2D eigenvalue weighted by atomic mass is 10.3. The zero-order valence-corrected chi connectivity index (χ0v) is 10.6. The Morgan fingerprint density at radius 2 is 2.32 bits per heavy atom. The number of hydrogen-bond acceptors (Lipinski definition) is 5. The van der Waals surface area contributed by atoms with Crippen LogP contribution in [0.15, 0.2) is 50.3 Å². The summed E-state index contributed by atoms with van der Waals surface area (Å²) < 4.78 is 10.6. The number of nitrogens with one attached hydrogen (secondary N) is 1. The molecular formula is C13H10N2O3S. The predicted octanol–water partition coefficient (Wildman–Crippen LogP) is 2.93. The van der Waals surface area contributed by atoms with Crippen molar-refractivity contribution in [1.82, 2.24) is 10.3 Å². The number of amides is 1. The van der Waals surface area contributed by atoms with Crippen LogP contribution in [0.3, 0.4) is 0 Å². The summed E-state index contributed by atoms with van der Waals surface area (Å²) >= 11 is 1.51. The summed E-state index contributed by atoms with van der Waals surface area (Å²) in [5.74, 6) is 1.38. The molecule has 0 aliphatic rings. The summed E-state index contributed by atoms with van der Waals surface area (Å²) in [5, 5.41) is 4.62. The average molecular weight is 274 g/mol. The third kappa shape index (κ3) is 2.58.